The number of hydrogen-bond donors (Lipinski definition) is 3. The molecule has 4 aliphatic rings. The van der Waals surface area contributed by atoms with Crippen molar-refractivity contribution in [2.24, 2.45) is 52.3 Å². The van der Waals surface area contributed by atoms with Gasteiger partial charge in [0.25, 0.3) is 0 Å². The summed E-state index contributed by atoms with van der Waals surface area (Å²) in [6, 6.07) is 0. The average Bonchev–Trinajstić information content (AvgIpc) is 3.02. The first-order chi connectivity index (χ1) is 14.1. The van der Waals surface area contributed by atoms with Crippen LogP contribution in [-0.4, -0.2) is 33.5 Å². The molecule has 3 N–H and O–H groups in total. The van der Waals surface area contributed by atoms with Crippen molar-refractivity contribution < 1.29 is 20.1 Å². The van der Waals surface area contributed by atoms with Crippen LogP contribution in [0.2, 0.25) is 0 Å². The van der Waals surface area contributed by atoms with Gasteiger partial charge in [-0.15, -0.1) is 0 Å². The molecule has 0 bridgehead atoms. The molecule has 0 aliphatic heterocycles. The Morgan fingerprint density at radius 3 is 2.47 bits per heavy atom. The maximum absolute atomic E-state index is 11.7. The molecular formula is C26H44O4. The van der Waals surface area contributed by atoms with E-state index in [0.29, 0.717) is 36.0 Å². The first-order valence-electron chi connectivity index (χ1n) is 12.7. The van der Waals surface area contributed by atoms with Crippen molar-refractivity contribution >= 4 is 5.97 Å². The van der Waals surface area contributed by atoms with Gasteiger partial charge in [-0.25, -0.2) is 0 Å². The molecule has 4 rings (SSSR count). The van der Waals surface area contributed by atoms with Gasteiger partial charge in [0.1, 0.15) is 0 Å². The molecule has 0 spiro atoms. The molecule has 11 atom stereocenters. The second kappa shape index (κ2) is 8.06. The molecule has 0 aromatic rings. The number of aliphatic hydroxyl groups is 2. The van der Waals surface area contributed by atoms with E-state index in [4.69, 9.17) is 5.11 Å². The average molecular weight is 421 g/mol. The summed E-state index contributed by atoms with van der Waals surface area (Å²) in [5, 5.41) is 32.5. The Morgan fingerprint density at radius 1 is 1.07 bits per heavy atom. The first-order valence-corrected chi connectivity index (χ1v) is 12.7. The highest BCUT2D eigenvalue weighted by atomic mass is 16.4. The normalized spacial score (nSPS) is 51.5. The van der Waals surface area contributed by atoms with Gasteiger partial charge in [-0.1, -0.05) is 47.0 Å². The molecule has 0 aromatic carbocycles. The van der Waals surface area contributed by atoms with Gasteiger partial charge in [0, 0.05) is 6.42 Å². The van der Waals surface area contributed by atoms with Crippen molar-refractivity contribution in [3.63, 3.8) is 0 Å². The van der Waals surface area contributed by atoms with Crippen LogP contribution in [0.15, 0.2) is 0 Å². The lowest BCUT2D eigenvalue weighted by atomic mass is 9.41. The molecule has 30 heavy (non-hydrogen) atoms. The zero-order chi connectivity index (χ0) is 21.8. The zero-order valence-electron chi connectivity index (χ0n) is 19.5. The number of aliphatic hydroxyl groups excluding tert-OH is 2. The van der Waals surface area contributed by atoms with E-state index in [1.165, 1.54) is 25.7 Å². The molecule has 4 nitrogen and oxygen atoms in total. The van der Waals surface area contributed by atoms with Gasteiger partial charge in [0.2, 0.25) is 0 Å². The summed E-state index contributed by atoms with van der Waals surface area (Å²) in [6.07, 6.45) is 9.31. The van der Waals surface area contributed by atoms with Gasteiger partial charge in [-0.3, -0.25) is 4.79 Å². The van der Waals surface area contributed by atoms with Crippen LogP contribution >= 0.6 is 0 Å². The van der Waals surface area contributed by atoms with Crippen LogP contribution < -0.4 is 0 Å². The van der Waals surface area contributed by atoms with E-state index >= 15 is 0 Å². The van der Waals surface area contributed by atoms with Crippen molar-refractivity contribution in [1.29, 1.82) is 0 Å². The maximum atomic E-state index is 11.7. The first kappa shape index (κ1) is 22.6. The Morgan fingerprint density at radius 2 is 1.80 bits per heavy atom. The quantitative estimate of drug-likeness (QED) is 0.577. The fourth-order valence-electron chi connectivity index (χ4n) is 9.68. The van der Waals surface area contributed by atoms with E-state index in [1.54, 1.807) is 0 Å². The molecule has 0 radical (unpaired) electrons. The SMILES string of the molecule is CC[C@H]1C(O)C2C3CC[C@H]([C@H](C)CCC(=O)O)[C@@]3(C)CC(O)C2[C@@]2(C)CCCC[C@@H]12. The Hall–Kier alpha value is -0.610. The van der Waals surface area contributed by atoms with Crippen molar-refractivity contribution in [2.75, 3.05) is 0 Å². The Bertz CT molecular complexity index is 649. The van der Waals surface area contributed by atoms with E-state index in [-0.39, 0.29) is 41.3 Å². The summed E-state index contributed by atoms with van der Waals surface area (Å²) in [5.74, 6) is 1.84. The summed E-state index contributed by atoms with van der Waals surface area (Å²) < 4.78 is 0. The standard InChI is InChI=1S/C26H44O4/c1-5-16-18-8-6-7-13-25(18,3)23-20(27)14-26(4)17(15(2)9-12-21(28)29)10-11-19(26)22(23)24(16)30/h15-20,22-24,27,30H,5-14H2,1-4H3,(H,28,29)/t15-,16-,17-,18+,19?,20?,22?,23?,24?,25+,26-/m1/s1. The van der Waals surface area contributed by atoms with Crippen molar-refractivity contribution in [2.45, 2.75) is 104 Å². The summed E-state index contributed by atoms with van der Waals surface area (Å²) >= 11 is 0. The van der Waals surface area contributed by atoms with Crippen LogP contribution in [0.1, 0.15) is 91.9 Å². The largest absolute Gasteiger partial charge is 0.481 e. The summed E-state index contributed by atoms with van der Waals surface area (Å²) in [6.45, 7) is 9.25. The molecule has 0 saturated heterocycles. The number of fused-ring (bicyclic) bond motifs is 5. The number of carbonyl (C=O) groups is 1. The molecule has 4 heteroatoms. The number of carboxylic acid groups (broad SMARTS) is 1. The number of aliphatic carboxylic acids is 1. The van der Waals surface area contributed by atoms with E-state index in [0.717, 1.165) is 25.7 Å². The molecule has 0 aromatic heterocycles. The smallest absolute Gasteiger partial charge is 0.303 e. The van der Waals surface area contributed by atoms with E-state index in [9.17, 15) is 15.0 Å². The van der Waals surface area contributed by atoms with Gasteiger partial charge in [0.15, 0.2) is 0 Å². The van der Waals surface area contributed by atoms with Gasteiger partial charge >= 0.3 is 5.97 Å². The highest BCUT2D eigenvalue weighted by Crippen LogP contribution is 2.69. The second-order valence-corrected chi connectivity index (χ2v) is 12.0. The minimum absolute atomic E-state index is 0.00956. The molecule has 0 heterocycles. The second-order valence-electron chi connectivity index (χ2n) is 12.0. The van der Waals surface area contributed by atoms with Crippen LogP contribution in [0.25, 0.3) is 0 Å². The number of rotatable bonds is 5. The predicted molar refractivity (Wildman–Crippen MR) is 118 cm³/mol. The van der Waals surface area contributed by atoms with Crippen LogP contribution in [0.4, 0.5) is 0 Å². The Balaban J connectivity index is 1.66. The van der Waals surface area contributed by atoms with Crippen LogP contribution in [0.5, 0.6) is 0 Å². The van der Waals surface area contributed by atoms with Crippen molar-refractivity contribution in [1.82, 2.24) is 0 Å². The summed E-state index contributed by atoms with van der Waals surface area (Å²) in [5.41, 5.74) is 0.159. The number of carboxylic acids is 1. The third-order valence-corrected chi connectivity index (χ3v) is 10.8. The maximum Gasteiger partial charge on any atom is 0.303 e. The monoisotopic (exact) mass is 420 g/mol. The van der Waals surface area contributed by atoms with Gasteiger partial charge < -0.3 is 15.3 Å². The minimum Gasteiger partial charge on any atom is -0.481 e. The molecule has 4 saturated carbocycles. The van der Waals surface area contributed by atoms with Crippen molar-refractivity contribution in [3.8, 4) is 0 Å². The minimum atomic E-state index is -0.713. The summed E-state index contributed by atoms with van der Waals surface area (Å²) in [4.78, 5) is 11.1. The molecule has 0 amide bonds. The molecule has 5 unspecified atom stereocenters. The Labute approximate surface area is 182 Å². The van der Waals surface area contributed by atoms with E-state index < -0.39 is 5.97 Å². The van der Waals surface area contributed by atoms with Gasteiger partial charge in [-0.05, 0) is 90.8 Å². The third-order valence-electron chi connectivity index (χ3n) is 10.8. The van der Waals surface area contributed by atoms with Gasteiger partial charge in [-0.2, -0.15) is 0 Å². The van der Waals surface area contributed by atoms with Crippen LogP contribution in [0.3, 0.4) is 0 Å². The van der Waals surface area contributed by atoms with E-state index in [2.05, 4.69) is 27.7 Å². The number of hydrogen-bond acceptors (Lipinski definition) is 3. The fraction of sp³-hybridized carbons (Fsp3) is 0.962. The van der Waals surface area contributed by atoms with Crippen molar-refractivity contribution in [3.05, 3.63) is 0 Å². The third kappa shape index (κ3) is 3.27. The highest BCUT2D eigenvalue weighted by molar-refractivity contribution is 5.66. The topological polar surface area (TPSA) is 77.8 Å². The Kier molecular flexibility index (Phi) is 6.07. The van der Waals surface area contributed by atoms with Crippen LogP contribution in [0, 0.1) is 52.3 Å². The molecule has 4 fully saturated rings. The van der Waals surface area contributed by atoms with E-state index in [1.807, 2.05) is 0 Å². The van der Waals surface area contributed by atoms with Gasteiger partial charge in [0.05, 0.1) is 12.2 Å². The lowest BCUT2D eigenvalue weighted by Crippen LogP contribution is -2.65. The molecular weight excluding hydrogens is 376 g/mol. The lowest BCUT2D eigenvalue weighted by molar-refractivity contribution is -0.229. The highest BCUT2D eigenvalue weighted by Gasteiger charge is 2.66. The predicted octanol–water partition coefficient (Wildman–Crippen LogP) is 5.11. The lowest BCUT2D eigenvalue weighted by Gasteiger charge is -2.65. The fourth-order valence-corrected chi connectivity index (χ4v) is 9.68. The molecule has 4 aliphatic carbocycles. The zero-order valence-corrected chi connectivity index (χ0v) is 19.5. The van der Waals surface area contributed by atoms with Crippen LogP contribution in [-0.2, 0) is 4.79 Å². The molecule has 172 valence electrons. The summed E-state index contributed by atoms with van der Waals surface area (Å²) in [7, 11) is 0.